The fourth-order valence-electron chi connectivity index (χ4n) is 3.17. The molecule has 0 N–H and O–H groups in total. The minimum atomic E-state index is -5.18. The van der Waals surface area contributed by atoms with E-state index in [9.17, 15) is 22.8 Å². The monoisotopic (exact) mass is 408 g/mol. The van der Waals surface area contributed by atoms with Crippen LogP contribution in [0.15, 0.2) is 24.8 Å². The van der Waals surface area contributed by atoms with E-state index < -0.39 is 29.2 Å². The zero-order valence-corrected chi connectivity index (χ0v) is 15.7. The van der Waals surface area contributed by atoms with Gasteiger partial charge in [0.05, 0.1) is 0 Å². The number of likely N-dealkylation sites (tertiary alicyclic amines) is 2. The molecule has 2 atom stereocenters. The van der Waals surface area contributed by atoms with Gasteiger partial charge in [0.2, 0.25) is 5.72 Å². The van der Waals surface area contributed by atoms with Crippen LogP contribution in [0.4, 0.5) is 18.0 Å². The number of carbonyl (C=O) groups is 2. The van der Waals surface area contributed by atoms with Crippen molar-refractivity contribution in [1.29, 1.82) is 0 Å². The molecule has 0 bridgehead atoms. The van der Waals surface area contributed by atoms with Crippen LogP contribution in [0, 0.1) is 0 Å². The average Bonchev–Trinajstić information content (AvgIpc) is 3.20. The van der Waals surface area contributed by atoms with E-state index >= 15 is 0 Å². The van der Waals surface area contributed by atoms with Crippen LogP contribution >= 0.6 is 12.6 Å². The molecule has 2 fully saturated rings. The van der Waals surface area contributed by atoms with Gasteiger partial charge < -0.3 is 9.47 Å². The second-order valence-corrected chi connectivity index (χ2v) is 7.21. The zero-order valence-electron chi connectivity index (χ0n) is 14.8. The number of thiol groups is 1. The Morgan fingerprint density at radius 3 is 2.56 bits per heavy atom. The Labute approximate surface area is 161 Å². The SMILES string of the molecule is C=CCOC(=O)N1C[C@@H](S)C[C@@]1(/C=C\CN1CCCC1)OC(=O)C(F)(F)F. The Bertz CT molecular complexity index is 593. The van der Waals surface area contributed by atoms with Crippen molar-refractivity contribution in [2.75, 3.05) is 32.8 Å². The van der Waals surface area contributed by atoms with Crippen LogP contribution in [-0.4, -0.2) is 71.8 Å². The fourth-order valence-corrected chi connectivity index (χ4v) is 3.60. The van der Waals surface area contributed by atoms with E-state index in [1.165, 1.54) is 12.2 Å². The van der Waals surface area contributed by atoms with Crippen molar-refractivity contribution in [2.24, 2.45) is 0 Å². The van der Waals surface area contributed by atoms with Crippen LogP contribution < -0.4 is 0 Å². The van der Waals surface area contributed by atoms with E-state index in [0.29, 0.717) is 6.54 Å². The van der Waals surface area contributed by atoms with E-state index in [4.69, 9.17) is 9.47 Å². The van der Waals surface area contributed by atoms with Crippen molar-refractivity contribution < 1.29 is 32.2 Å². The molecule has 1 amide bonds. The summed E-state index contributed by atoms with van der Waals surface area (Å²) in [7, 11) is 0. The van der Waals surface area contributed by atoms with Gasteiger partial charge in [0.15, 0.2) is 0 Å². The molecule has 2 heterocycles. The Hall–Kier alpha value is -1.68. The van der Waals surface area contributed by atoms with Crippen LogP contribution in [0.25, 0.3) is 0 Å². The maximum absolute atomic E-state index is 12.8. The van der Waals surface area contributed by atoms with Crippen molar-refractivity contribution in [1.82, 2.24) is 9.80 Å². The number of alkyl halides is 3. The Morgan fingerprint density at radius 1 is 1.30 bits per heavy atom. The van der Waals surface area contributed by atoms with E-state index in [-0.39, 0.29) is 19.6 Å². The number of halogens is 3. The third-order valence-electron chi connectivity index (χ3n) is 4.36. The minimum absolute atomic E-state index is 0.0156. The largest absolute Gasteiger partial charge is 0.491 e. The first-order valence-corrected chi connectivity index (χ1v) is 9.13. The van der Waals surface area contributed by atoms with Crippen molar-refractivity contribution >= 4 is 24.7 Å². The highest BCUT2D eigenvalue weighted by Gasteiger charge is 2.53. The predicted molar refractivity (Wildman–Crippen MR) is 95.3 cm³/mol. The van der Waals surface area contributed by atoms with Gasteiger partial charge in [0.25, 0.3) is 0 Å². The fraction of sp³-hybridized carbons (Fsp3) is 0.647. The lowest BCUT2D eigenvalue weighted by molar-refractivity contribution is -0.218. The topological polar surface area (TPSA) is 59.1 Å². The molecule has 0 aromatic heterocycles. The Morgan fingerprint density at radius 2 is 1.96 bits per heavy atom. The van der Waals surface area contributed by atoms with Crippen molar-refractivity contribution in [3.05, 3.63) is 24.8 Å². The second-order valence-electron chi connectivity index (χ2n) is 6.48. The zero-order chi connectivity index (χ0) is 20.1. The van der Waals surface area contributed by atoms with Gasteiger partial charge >= 0.3 is 18.2 Å². The molecule has 0 unspecified atom stereocenters. The number of nitrogens with zero attached hydrogens (tertiary/aromatic N) is 2. The van der Waals surface area contributed by atoms with Crippen molar-refractivity contribution in [3.63, 3.8) is 0 Å². The molecule has 2 aliphatic rings. The molecule has 6 nitrogen and oxygen atoms in total. The molecule has 27 heavy (non-hydrogen) atoms. The summed E-state index contributed by atoms with van der Waals surface area (Å²) in [6.45, 7) is 5.55. The van der Waals surface area contributed by atoms with Gasteiger partial charge in [-0.2, -0.15) is 25.8 Å². The number of esters is 1. The van der Waals surface area contributed by atoms with E-state index in [2.05, 4.69) is 24.1 Å². The van der Waals surface area contributed by atoms with Gasteiger partial charge in [-0.3, -0.25) is 9.80 Å². The number of amides is 1. The third kappa shape index (κ3) is 5.65. The molecular weight excluding hydrogens is 385 g/mol. The molecule has 0 spiro atoms. The predicted octanol–water partition coefficient (Wildman–Crippen LogP) is 2.77. The molecule has 152 valence electrons. The van der Waals surface area contributed by atoms with Gasteiger partial charge in [-0.05, 0) is 32.0 Å². The number of rotatable bonds is 6. The lowest BCUT2D eigenvalue weighted by Gasteiger charge is -2.34. The van der Waals surface area contributed by atoms with Crippen LogP contribution in [0.3, 0.4) is 0 Å². The number of ether oxygens (including phenoxy) is 2. The number of carbonyl (C=O) groups excluding carboxylic acids is 2. The van der Waals surface area contributed by atoms with Gasteiger partial charge in [-0.25, -0.2) is 9.59 Å². The van der Waals surface area contributed by atoms with Gasteiger partial charge in [-0.15, -0.1) is 0 Å². The average molecular weight is 408 g/mol. The van der Waals surface area contributed by atoms with Crippen molar-refractivity contribution in [2.45, 2.75) is 36.4 Å². The number of hydrogen-bond acceptors (Lipinski definition) is 6. The molecule has 2 saturated heterocycles. The highest BCUT2D eigenvalue weighted by molar-refractivity contribution is 7.81. The molecule has 0 saturated carbocycles. The highest BCUT2D eigenvalue weighted by Crippen LogP contribution is 2.37. The maximum Gasteiger partial charge on any atom is 0.491 e. The van der Waals surface area contributed by atoms with Crippen LogP contribution in [0.1, 0.15) is 19.3 Å². The van der Waals surface area contributed by atoms with Crippen LogP contribution in [0.2, 0.25) is 0 Å². The summed E-state index contributed by atoms with van der Waals surface area (Å²) >= 11 is 4.27. The maximum atomic E-state index is 12.8. The normalized spacial score (nSPS) is 26.5. The van der Waals surface area contributed by atoms with Gasteiger partial charge in [-0.1, -0.05) is 18.7 Å². The summed E-state index contributed by atoms with van der Waals surface area (Å²) in [5, 5.41) is -0.473. The molecule has 2 rings (SSSR count). The quantitative estimate of drug-likeness (QED) is 0.416. The first-order valence-electron chi connectivity index (χ1n) is 8.61. The molecule has 0 aromatic rings. The van der Waals surface area contributed by atoms with Crippen molar-refractivity contribution in [3.8, 4) is 0 Å². The van der Waals surface area contributed by atoms with Crippen LogP contribution in [-0.2, 0) is 14.3 Å². The number of hydrogen-bond donors (Lipinski definition) is 1. The molecule has 0 radical (unpaired) electrons. The Kier molecular flexibility index (Phi) is 7.21. The highest BCUT2D eigenvalue weighted by atomic mass is 32.1. The first kappa shape index (κ1) is 21.6. The molecule has 2 aliphatic heterocycles. The summed E-state index contributed by atoms with van der Waals surface area (Å²) in [5.41, 5.74) is -1.89. The van der Waals surface area contributed by atoms with E-state index in [0.717, 1.165) is 30.8 Å². The first-order chi connectivity index (χ1) is 12.7. The summed E-state index contributed by atoms with van der Waals surface area (Å²) in [4.78, 5) is 26.9. The lowest BCUT2D eigenvalue weighted by Crippen LogP contribution is -2.51. The van der Waals surface area contributed by atoms with E-state index in [1.807, 2.05) is 0 Å². The summed E-state index contributed by atoms with van der Waals surface area (Å²) < 4.78 is 48.1. The minimum Gasteiger partial charge on any atom is -0.445 e. The second kappa shape index (κ2) is 9.01. The van der Waals surface area contributed by atoms with E-state index in [1.54, 1.807) is 6.08 Å². The summed E-state index contributed by atoms with van der Waals surface area (Å²) in [6.07, 6.45) is 0.251. The van der Waals surface area contributed by atoms with Gasteiger partial charge in [0, 0.05) is 24.8 Å². The third-order valence-corrected chi connectivity index (χ3v) is 4.71. The molecule has 10 heteroatoms. The lowest BCUT2D eigenvalue weighted by atomic mass is 10.1. The molecule has 0 aliphatic carbocycles. The van der Waals surface area contributed by atoms with Crippen LogP contribution in [0.5, 0.6) is 0 Å². The molecular formula is C17H23F3N2O4S. The smallest absolute Gasteiger partial charge is 0.445 e. The standard InChI is InChI=1S/C17H23F3N2O4S/c1-2-10-25-15(24)22-12-13(27)11-16(22,26-14(23)17(18,19)20)6-5-9-21-7-3-4-8-21/h2,5-6,13,27H,1,3-4,7-12H2/b6-5-/t13-,16+/m0/s1. The summed E-state index contributed by atoms with van der Waals surface area (Å²) in [6, 6.07) is 0. The summed E-state index contributed by atoms with van der Waals surface area (Å²) in [5.74, 6) is -2.36. The van der Waals surface area contributed by atoms with Gasteiger partial charge in [0.1, 0.15) is 6.61 Å². The Balaban J connectivity index is 2.25. The molecule has 0 aromatic carbocycles.